The molecule has 4 nitrogen and oxygen atoms in total. The SMILES string of the molecule is CCOC(=O)C(F)(F)C(O)c1ccc(OC)cc1. The average molecular weight is 260 g/mol. The zero-order valence-electron chi connectivity index (χ0n) is 10.0. The number of hydrogen-bond acceptors (Lipinski definition) is 4. The molecule has 1 aromatic carbocycles. The second-order valence-electron chi connectivity index (χ2n) is 3.52. The van der Waals surface area contributed by atoms with Gasteiger partial charge in [-0.1, -0.05) is 12.1 Å². The minimum atomic E-state index is -3.98. The second-order valence-corrected chi connectivity index (χ2v) is 3.52. The molecule has 0 saturated heterocycles. The fraction of sp³-hybridized carbons (Fsp3) is 0.417. The molecule has 1 aromatic rings. The number of ether oxygens (including phenoxy) is 2. The maximum Gasteiger partial charge on any atom is 0.380 e. The lowest BCUT2D eigenvalue weighted by molar-refractivity contribution is -0.189. The molecule has 0 radical (unpaired) electrons. The molecule has 100 valence electrons. The zero-order valence-corrected chi connectivity index (χ0v) is 10.0. The summed E-state index contributed by atoms with van der Waals surface area (Å²) >= 11 is 0. The van der Waals surface area contributed by atoms with E-state index in [0.717, 1.165) is 0 Å². The number of carbonyl (C=O) groups excluding carboxylic acids is 1. The van der Waals surface area contributed by atoms with E-state index in [0.29, 0.717) is 5.75 Å². The minimum Gasteiger partial charge on any atom is -0.497 e. The molecule has 0 aromatic heterocycles. The van der Waals surface area contributed by atoms with E-state index in [9.17, 15) is 18.7 Å². The highest BCUT2D eigenvalue weighted by Crippen LogP contribution is 2.33. The number of rotatable bonds is 5. The summed E-state index contributed by atoms with van der Waals surface area (Å²) in [6, 6.07) is 5.35. The lowest BCUT2D eigenvalue weighted by atomic mass is 10.0. The van der Waals surface area contributed by atoms with E-state index in [4.69, 9.17) is 4.74 Å². The number of methoxy groups -OCH3 is 1. The Hall–Kier alpha value is -1.69. The Kier molecular flexibility index (Phi) is 4.61. The van der Waals surface area contributed by atoms with E-state index in [2.05, 4.69) is 4.74 Å². The van der Waals surface area contributed by atoms with E-state index >= 15 is 0 Å². The predicted molar refractivity (Wildman–Crippen MR) is 59.5 cm³/mol. The van der Waals surface area contributed by atoms with Crippen LogP contribution in [0.1, 0.15) is 18.6 Å². The summed E-state index contributed by atoms with van der Waals surface area (Å²) in [6.45, 7) is 1.23. The first-order chi connectivity index (χ1) is 8.43. The summed E-state index contributed by atoms with van der Waals surface area (Å²) in [4.78, 5) is 11.0. The summed E-state index contributed by atoms with van der Waals surface area (Å²) in [6.07, 6.45) is -2.25. The highest BCUT2D eigenvalue weighted by Gasteiger charge is 2.48. The molecular weight excluding hydrogens is 246 g/mol. The van der Waals surface area contributed by atoms with Gasteiger partial charge in [0.15, 0.2) is 6.10 Å². The van der Waals surface area contributed by atoms with Crippen molar-refractivity contribution in [1.82, 2.24) is 0 Å². The number of benzene rings is 1. The molecule has 1 atom stereocenters. The summed E-state index contributed by atoms with van der Waals surface area (Å²) in [5, 5.41) is 9.52. The molecule has 1 rings (SSSR count). The number of alkyl halides is 2. The van der Waals surface area contributed by atoms with Crippen LogP contribution in [0.5, 0.6) is 5.75 Å². The molecule has 1 N–H and O–H groups in total. The fourth-order valence-electron chi connectivity index (χ4n) is 1.33. The number of halogens is 2. The minimum absolute atomic E-state index is 0.0890. The van der Waals surface area contributed by atoms with E-state index in [1.807, 2.05) is 0 Å². The van der Waals surface area contributed by atoms with Crippen molar-refractivity contribution in [1.29, 1.82) is 0 Å². The van der Waals surface area contributed by atoms with Crippen molar-refractivity contribution >= 4 is 5.97 Å². The smallest absolute Gasteiger partial charge is 0.380 e. The highest BCUT2D eigenvalue weighted by molar-refractivity contribution is 5.78. The van der Waals surface area contributed by atoms with Crippen LogP contribution in [0.2, 0.25) is 0 Å². The van der Waals surface area contributed by atoms with Crippen LogP contribution >= 0.6 is 0 Å². The molecule has 0 amide bonds. The molecule has 1 unspecified atom stereocenters. The number of esters is 1. The van der Waals surface area contributed by atoms with Crippen molar-refractivity contribution in [2.24, 2.45) is 0 Å². The third-order valence-electron chi connectivity index (χ3n) is 2.32. The summed E-state index contributed by atoms with van der Waals surface area (Å²) in [7, 11) is 1.43. The Balaban J connectivity index is 2.90. The molecule has 18 heavy (non-hydrogen) atoms. The van der Waals surface area contributed by atoms with Gasteiger partial charge >= 0.3 is 11.9 Å². The quantitative estimate of drug-likeness (QED) is 0.822. The molecular formula is C12H14F2O4. The van der Waals surface area contributed by atoms with Crippen molar-refractivity contribution in [2.75, 3.05) is 13.7 Å². The van der Waals surface area contributed by atoms with Gasteiger partial charge in [0.2, 0.25) is 0 Å². The first kappa shape index (κ1) is 14.4. The standard InChI is InChI=1S/C12H14F2O4/c1-3-18-11(16)12(13,14)10(15)8-4-6-9(17-2)7-5-8/h4-7,10,15H,3H2,1-2H3. The Morgan fingerprint density at radius 3 is 2.39 bits per heavy atom. The van der Waals surface area contributed by atoms with Crippen molar-refractivity contribution in [3.8, 4) is 5.75 Å². The van der Waals surface area contributed by atoms with Gasteiger partial charge in [0.05, 0.1) is 13.7 Å². The van der Waals surface area contributed by atoms with Crippen LogP contribution in [0.4, 0.5) is 8.78 Å². The predicted octanol–water partition coefficient (Wildman–Crippen LogP) is 1.93. The van der Waals surface area contributed by atoms with Crippen LogP contribution in [0.3, 0.4) is 0 Å². The van der Waals surface area contributed by atoms with Crippen LogP contribution in [0, 0.1) is 0 Å². The van der Waals surface area contributed by atoms with Crippen LogP contribution < -0.4 is 4.74 Å². The monoisotopic (exact) mass is 260 g/mol. The molecule has 0 spiro atoms. The van der Waals surface area contributed by atoms with Gasteiger partial charge in [-0.3, -0.25) is 0 Å². The summed E-state index contributed by atoms with van der Waals surface area (Å²) in [5.41, 5.74) is -0.0890. The van der Waals surface area contributed by atoms with Gasteiger partial charge in [-0.2, -0.15) is 8.78 Å². The Morgan fingerprint density at radius 2 is 1.94 bits per heavy atom. The van der Waals surface area contributed by atoms with Crippen LogP contribution in [-0.4, -0.2) is 30.7 Å². The molecule has 0 aliphatic heterocycles. The maximum atomic E-state index is 13.5. The molecule has 0 aliphatic rings. The van der Waals surface area contributed by atoms with Gasteiger partial charge < -0.3 is 14.6 Å². The summed E-state index contributed by atoms with van der Waals surface area (Å²) < 4.78 is 36.1. The van der Waals surface area contributed by atoms with Crippen LogP contribution in [0.25, 0.3) is 0 Å². The third-order valence-corrected chi connectivity index (χ3v) is 2.32. The van der Waals surface area contributed by atoms with Gasteiger partial charge in [0.25, 0.3) is 0 Å². The number of aliphatic hydroxyl groups excluding tert-OH is 1. The first-order valence-corrected chi connectivity index (χ1v) is 5.30. The van der Waals surface area contributed by atoms with Crippen LogP contribution in [0.15, 0.2) is 24.3 Å². The lowest BCUT2D eigenvalue weighted by Crippen LogP contribution is -2.37. The summed E-state index contributed by atoms with van der Waals surface area (Å²) in [5.74, 6) is -5.26. The molecule has 0 saturated carbocycles. The molecule has 0 bridgehead atoms. The van der Waals surface area contributed by atoms with E-state index in [1.54, 1.807) is 0 Å². The highest BCUT2D eigenvalue weighted by atomic mass is 19.3. The normalized spacial score (nSPS) is 12.9. The van der Waals surface area contributed by atoms with Gasteiger partial charge in [0, 0.05) is 0 Å². The topological polar surface area (TPSA) is 55.8 Å². The zero-order chi connectivity index (χ0) is 13.8. The number of hydrogen-bond donors (Lipinski definition) is 1. The van der Waals surface area contributed by atoms with Crippen molar-refractivity contribution in [3.05, 3.63) is 29.8 Å². The lowest BCUT2D eigenvalue weighted by Gasteiger charge is -2.20. The molecule has 0 aliphatic carbocycles. The number of carbonyl (C=O) groups is 1. The molecule has 0 heterocycles. The average Bonchev–Trinajstić information content (AvgIpc) is 2.38. The Morgan fingerprint density at radius 1 is 1.39 bits per heavy atom. The molecule has 6 heteroatoms. The third kappa shape index (κ3) is 2.95. The Labute approximate surface area is 103 Å². The van der Waals surface area contributed by atoms with E-state index in [-0.39, 0.29) is 12.2 Å². The maximum absolute atomic E-state index is 13.5. The van der Waals surface area contributed by atoms with Crippen LogP contribution in [-0.2, 0) is 9.53 Å². The largest absolute Gasteiger partial charge is 0.497 e. The van der Waals surface area contributed by atoms with Gasteiger partial charge in [-0.25, -0.2) is 4.79 Å². The fourth-order valence-corrected chi connectivity index (χ4v) is 1.33. The van der Waals surface area contributed by atoms with Crippen molar-refractivity contribution in [2.45, 2.75) is 19.0 Å². The van der Waals surface area contributed by atoms with Gasteiger partial charge in [0.1, 0.15) is 5.75 Å². The van der Waals surface area contributed by atoms with Gasteiger partial charge in [-0.15, -0.1) is 0 Å². The Bertz CT molecular complexity index is 403. The van der Waals surface area contributed by atoms with Crippen molar-refractivity contribution < 1.29 is 28.2 Å². The molecule has 0 fully saturated rings. The second kappa shape index (κ2) is 5.77. The van der Waals surface area contributed by atoms with Gasteiger partial charge in [-0.05, 0) is 24.6 Å². The van der Waals surface area contributed by atoms with E-state index in [1.165, 1.54) is 38.3 Å². The van der Waals surface area contributed by atoms with E-state index < -0.39 is 18.0 Å². The number of aliphatic hydroxyl groups is 1. The van der Waals surface area contributed by atoms with Crippen molar-refractivity contribution in [3.63, 3.8) is 0 Å². The first-order valence-electron chi connectivity index (χ1n) is 5.30.